The number of nitrogens with two attached hydrogens (primary N) is 1. The zero-order valence-corrected chi connectivity index (χ0v) is 9.75. The summed E-state index contributed by atoms with van der Waals surface area (Å²) in [6, 6.07) is 2.31. The summed E-state index contributed by atoms with van der Waals surface area (Å²) >= 11 is 0. The Morgan fingerprint density at radius 3 is 2.24 bits per heavy atom. The summed E-state index contributed by atoms with van der Waals surface area (Å²) in [6.07, 6.45) is 1.74. The first-order valence-electron chi connectivity index (χ1n) is 5.64. The smallest absolute Gasteiger partial charge is 0.151 e. The third-order valence-corrected chi connectivity index (χ3v) is 3.13. The fraction of sp³-hybridized carbons (Fsp3) is 0.500. The second-order valence-corrected chi connectivity index (χ2v) is 4.26. The quantitative estimate of drug-likeness (QED) is 0.808. The lowest BCUT2D eigenvalue weighted by molar-refractivity contribution is 0.0817. The summed E-state index contributed by atoms with van der Waals surface area (Å²) in [5, 5.41) is 0. The van der Waals surface area contributed by atoms with Crippen molar-refractivity contribution in [2.45, 2.75) is 18.9 Å². The molecule has 1 aromatic rings. The first kappa shape index (κ1) is 12.1. The Morgan fingerprint density at radius 2 is 1.76 bits per heavy atom. The molecular formula is C12H16F2N2O. The molecule has 1 fully saturated rings. The first-order valence-corrected chi connectivity index (χ1v) is 5.64. The monoisotopic (exact) mass is 242 g/mol. The normalized spacial score (nSPS) is 17.5. The summed E-state index contributed by atoms with van der Waals surface area (Å²) < 4.78 is 32.6. The van der Waals surface area contributed by atoms with Crippen molar-refractivity contribution in [1.29, 1.82) is 0 Å². The van der Waals surface area contributed by atoms with E-state index in [4.69, 9.17) is 10.5 Å². The minimum Gasteiger partial charge on any atom is -0.399 e. The molecule has 2 rings (SSSR count). The van der Waals surface area contributed by atoms with Gasteiger partial charge in [0.25, 0.3) is 0 Å². The van der Waals surface area contributed by atoms with Crippen molar-refractivity contribution in [1.82, 2.24) is 0 Å². The maximum absolute atomic E-state index is 13.7. The number of ether oxygens (including phenoxy) is 1. The molecular weight excluding hydrogens is 226 g/mol. The van der Waals surface area contributed by atoms with E-state index in [2.05, 4.69) is 0 Å². The van der Waals surface area contributed by atoms with Gasteiger partial charge in [-0.2, -0.15) is 0 Å². The number of hydrogen-bond acceptors (Lipinski definition) is 3. The Hall–Kier alpha value is -1.36. The van der Waals surface area contributed by atoms with Crippen molar-refractivity contribution in [2.75, 3.05) is 30.8 Å². The third-order valence-electron chi connectivity index (χ3n) is 3.13. The summed E-state index contributed by atoms with van der Waals surface area (Å²) in [6.45, 7) is 1.19. The van der Waals surface area contributed by atoms with Crippen LogP contribution in [0.5, 0.6) is 0 Å². The van der Waals surface area contributed by atoms with Crippen LogP contribution in [0.4, 0.5) is 20.2 Å². The van der Waals surface area contributed by atoms with Crippen molar-refractivity contribution in [3.05, 3.63) is 23.8 Å². The molecule has 0 bridgehead atoms. The molecule has 17 heavy (non-hydrogen) atoms. The van der Waals surface area contributed by atoms with Crippen LogP contribution in [0.25, 0.3) is 0 Å². The number of hydrogen-bond donors (Lipinski definition) is 1. The molecule has 0 radical (unpaired) electrons. The first-order chi connectivity index (χ1) is 8.11. The van der Waals surface area contributed by atoms with E-state index in [-0.39, 0.29) is 17.5 Å². The molecule has 0 amide bonds. The average molecular weight is 242 g/mol. The van der Waals surface area contributed by atoms with Gasteiger partial charge in [0.05, 0.1) is 6.10 Å². The molecule has 1 aromatic carbocycles. The van der Waals surface area contributed by atoms with E-state index in [0.29, 0.717) is 13.1 Å². The van der Waals surface area contributed by atoms with Crippen LogP contribution in [-0.2, 0) is 4.74 Å². The van der Waals surface area contributed by atoms with Crippen LogP contribution in [0.3, 0.4) is 0 Å². The number of rotatable bonds is 2. The number of halogens is 2. The number of piperidine rings is 1. The molecule has 94 valence electrons. The number of nitrogens with zero attached hydrogens (tertiary/aromatic N) is 1. The lowest BCUT2D eigenvalue weighted by Crippen LogP contribution is -2.37. The number of anilines is 2. The fourth-order valence-electron chi connectivity index (χ4n) is 2.20. The predicted molar refractivity (Wildman–Crippen MR) is 63.0 cm³/mol. The van der Waals surface area contributed by atoms with Crippen molar-refractivity contribution in [3.8, 4) is 0 Å². The van der Waals surface area contributed by atoms with Gasteiger partial charge in [0.15, 0.2) is 11.6 Å². The van der Waals surface area contributed by atoms with Crippen LogP contribution >= 0.6 is 0 Å². The highest BCUT2D eigenvalue weighted by Crippen LogP contribution is 2.28. The summed E-state index contributed by atoms with van der Waals surface area (Å²) in [5.41, 5.74) is 5.51. The molecule has 2 N–H and O–H groups in total. The minimum atomic E-state index is -0.599. The van der Waals surface area contributed by atoms with Gasteiger partial charge in [-0.3, -0.25) is 0 Å². The van der Waals surface area contributed by atoms with Crippen LogP contribution in [0, 0.1) is 11.6 Å². The molecule has 0 saturated carbocycles. The second-order valence-electron chi connectivity index (χ2n) is 4.26. The molecule has 1 aliphatic rings. The van der Waals surface area contributed by atoms with Crippen molar-refractivity contribution in [3.63, 3.8) is 0 Å². The van der Waals surface area contributed by atoms with E-state index in [9.17, 15) is 8.78 Å². The standard InChI is InChI=1S/C12H16F2N2O/c1-17-9-2-4-16(5-3-9)12-10(13)6-8(15)7-11(12)14/h6-7,9H,2-5,15H2,1H3. The van der Waals surface area contributed by atoms with E-state index in [0.717, 1.165) is 25.0 Å². The van der Waals surface area contributed by atoms with E-state index < -0.39 is 11.6 Å². The van der Waals surface area contributed by atoms with Gasteiger partial charge in [-0.1, -0.05) is 0 Å². The summed E-state index contributed by atoms with van der Waals surface area (Å²) in [5.74, 6) is -1.20. The SMILES string of the molecule is COC1CCN(c2c(F)cc(N)cc2F)CC1. The number of benzene rings is 1. The van der Waals surface area contributed by atoms with Crippen molar-refractivity contribution in [2.24, 2.45) is 0 Å². The molecule has 0 atom stereocenters. The van der Waals surface area contributed by atoms with Gasteiger partial charge in [-0.25, -0.2) is 8.78 Å². The van der Waals surface area contributed by atoms with Crippen molar-refractivity contribution < 1.29 is 13.5 Å². The zero-order chi connectivity index (χ0) is 12.4. The van der Waals surface area contributed by atoms with Gasteiger partial charge in [-0.15, -0.1) is 0 Å². The lowest BCUT2D eigenvalue weighted by atomic mass is 10.1. The molecule has 1 aliphatic heterocycles. The Morgan fingerprint density at radius 1 is 1.24 bits per heavy atom. The topological polar surface area (TPSA) is 38.5 Å². The molecule has 5 heteroatoms. The molecule has 0 spiro atoms. The maximum atomic E-state index is 13.7. The van der Waals surface area contributed by atoms with E-state index in [1.165, 1.54) is 0 Å². The largest absolute Gasteiger partial charge is 0.399 e. The Labute approximate surface area is 99.2 Å². The highest BCUT2D eigenvalue weighted by molar-refractivity contribution is 5.56. The molecule has 0 aromatic heterocycles. The summed E-state index contributed by atoms with van der Waals surface area (Å²) in [4.78, 5) is 1.71. The molecule has 3 nitrogen and oxygen atoms in total. The van der Waals surface area contributed by atoms with Gasteiger partial charge in [-0.05, 0) is 25.0 Å². The number of methoxy groups -OCH3 is 1. The van der Waals surface area contributed by atoms with Crippen LogP contribution in [0.15, 0.2) is 12.1 Å². The average Bonchev–Trinajstić information content (AvgIpc) is 2.28. The fourth-order valence-corrected chi connectivity index (χ4v) is 2.20. The minimum absolute atomic E-state index is 0.0220. The highest BCUT2D eigenvalue weighted by Gasteiger charge is 2.23. The van der Waals surface area contributed by atoms with E-state index >= 15 is 0 Å². The maximum Gasteiger partial charge on any atom is 0.151 e. The van der Waals surface area contributed by atoms with Gasteiger partial charge in [0.2, 0.25) is 0 Å². The van der Waals surface area contributed by atoms with E-state index in [1.54, 1.807) is 12.0 Å². The lowest BCUT2D eigenvalue weighted by Gasteiger charge is -2.33. The Bertz CT molecular complexity index is 380. The Kier molecular flexibility index (Phi) is 3.47. The second kappa shape index (κ2) is 4.87. The van der Waals surface area contributed by atoms with Crippen molar-refractivity contribution >= 4 is 11.4 Å². The number of nitrogen functional groups attached to an aromatic ring is 1. The van der Waals surface area contributed by atoms with Crippen LogP contribution in [0.2, 0.25) is 0 Å². The Balaban J connectivity index is 2.18. The van der Waals surface area contributed by atoms with Gasteiger partial charge in [0.1, 0.15) is 5.69 Å². The zero-order valence-electron chi connectivity index (χ0n) is 9.75. The van der Waals surface area contributed by atoms with Gasteiger partial charge in [0, 0.05) is 25.9 Å². The van der Waals surface area contributed by atoms with Gasteiger partial charge < -0.3 is 15.4 Å². The van der Waals surface area contributed by atoms with E-state index in [1.807, 2.05) is 0 Å². The summed E-state index contributed by atoms with van der Waals surface area (Å²) in [7, 11) is 1.66. The predicted octanol–water partition coefficient (Wildman–Crippen LogP) is 2.16. The molecule has 0 unspecified atom stereocenters. The van der Waals surface area contributed by atoms with Gasteiger partial charge >= 0.3 is 0 Å². The molecule has 1 heterocycles. The van der Waals surface area contributed by atoms with Crippen LogP contribution in [0.1, 0.15) is 12.8 Å². The third kappa shape index (κ3) is 2.49. The molecule has 0 aliphatic carbocycles. The molecule has 1 saturated heterocycles. The highest BCUT2D eigenvalue weighted by atomic mass is 19.1. The van der Waals surface area contributed by atoms with Crippen LogP contribution in [-0.4, -0.2) is 26.3 Å². The van der Waals surface area contributed by atoms with Crippen LogP contribution < -0.4 is 10.6 Å².